The number of para-hydroxylation sites is 1. The van der Waals surface area contributed by atoms with E-state index in [9.17, 15) is 0 Å². The molecule has 0 aliphatic rings. The highest BCUT2D eigenvalue weighted by atomic mass is 127. The van der Waals surface area contributed by atoms with Gasteiger partial charge < -0.3 is 29.8 Å². The Morgan fingerprint density at radius 2 is 1.69 bits per heavy atom. The maximum Gasteiger partial charge on any atom is 0.191 e. The van der Waals surface area contributed by atoms with E-state index in [1.54, 1.807) is 21.3 Å². The van der Waals surface area contributed by atoms with Gasteiger partial charge in [0.1, 0.15) is 17.2 Å². The van der Waals surface area contributed by atoms with Crippen molar-refractivity contribution in [1.82, 2.24) is 15.6 Å². The van der Waals surface area contributed by atoms with Crippen LogP contribution in [0.15, 0.2) is 47.6 Å². The summed E-state index contributed by atoms with van der Waals surface area (Å²) in [5, 5.41) is 8.01. The number of aromatic nitrogens is 1. The Kier molecular flexibility index (Phi) is 10.5. The lowest BCUT2D eigenvalue weighted by Crippen LogP contribution is -2.38. The first-order valence-corrected chi connectivity index (χ1v) is 10.6. The van der Waals surface area contributed by atoms with E-state index in [1.165, 1.54) is 16.5 Å². The second kappa shape index (κ2) is 13.0. The van der Waals surface area contributed by atoms with Crippen LogP contribution < -0.4 is 24.8 Å². The van der Waals surface area contributed by atoms with E-state index in [0.29, 0.717) is 18.7 Å². The minimum atomic E-state index is 0. The fraction of sp³-hybridized carbons (Fsp3) is 0.375. The van der Waals surface area contributed by atoms with Crippen molar-refractivity contribution in [2.75, 3.05) is 41.0 Å². The number of benzene rings is 2. The standard InChI is InChI=1S/C24H32N4O3.HI/c1-5-25-24(26-12-10-17-16-28-21-9-7-6-8-19(17)21)27-13-11-20-22(30-3)14-18(29-2)15-23(20)31-4;/h6-9,14-16,28H,5,10-13H2,1-4H3,(H2,25,26,27);1H. The molecular formula is C24H33IN4O3. The van der Waals surface area contributed by atoms with Gasteiger partial charge >= 0.3 is 0 Å². The highest BCUT2D eigenvalue weighted by Crippen LogP contribution is 2.34. The molecule has 3 rings (SSSR count). The van der Waals surface area contributed by atoms with Gasteiger partial charge in [-0.25, -0.2) is 0 Å². The Morgan fingerprint density at radius 1 is 0.969 bits per heavy atom. The maximum absolute atomic E-state index is 5.53. The molecule has 32 heavy (non-hydrogen) atoms. The lowest BCUT2D eigenvalue weighted by atomic mass is 10.1. The van der Waals surface area contributed by atoms with Crippen molar-refractivity contribution in [2.45, 2.75) is 19.8 Å². The Labute approximate surface area is 207 Å². The van der Waals surface area contributed by atoms with Crippen LogP contribution >= 0.6 is 24.0 Å². The predicted octanol–water partition coefficient (Wildman–Crippen LogP) is 4.15. The van der Waals surface area contributed by atoms with Gasteiger partial charge in [0.25, 0.3) is 0 Å². The third-order valence-electron chi connectivity index (χ3n) is 5.15. The first-order chi connectivity index (χ1) is 15.2. The van der Waals surface area contributed by atoms with Gasteiger partial charge in [-0.3, -0.25) is 4.99 Å². The van der Waals surface area contributed by atoms with Gasteiger partial charge in [0.15, 0.2) is 5.96 Å². The van der Waals surface area contributed by atoms with Crippen LogP contribution in [0.3, 0.4) is 0 Å². The molecule has 1 aromatic heterocycles. The summed E-state index contributed by atoms with van der Waals surface area (Å²) in [4.78, 5) is 8.05. The second-order valence-corrected chi connectivity index (χ2v) is 7.06. The molecule has 0 aliphatic carbocycles. The minimum Gasteiger partial charge on any atom is -0.496 e. The maximum atomic E-state index is 5.53. The number of rotatable bonds is 10. The van der Waals surface area contributed by atoms with Crippen molar-refractivity contribution in [2.24, 2.45) is 4.99 Å². The molecule has 3 aromatic rings. The summed E-state index contributed by atoms with van der Waals surface area (Å²) >= 11 is 0. The molecule has 8 heteroatoms. The van der Waals surface area contributed by atoms with Crippen LogP contribution in [0.2, 0.25) is 0 Å². The Hall–Kier alpha value is -2.62. The summed E-state index contributed by atoms with van der Waals surface area (Å²) in [5.41, 5.74) is 3.44. The fourth-order valence-corrected chi connectivity index (χ4v) is 3.60. The molecule has 1 heterocycles. The van der Waals surface area contributed by atoms with Gasteiger partial charge in [-0.1, -0.05) is 18.2 Å². The van der Waals surface area contributed by atoms with Crippen LogP contribution in [0.5, 0.6) is 17.2 Å². The van der Waals surface area contributed by atoms with Crippen LogP contribution in [-0.2, 0) is 12.8 Å². The molecule has 0 saturated heterocycles. The number of methoxy groups -OCH3 is 3. The molecule has 0 fully saturated rings. The van der Waals surface area contributed by atoms with Crippen LogP contribution in [0.4, 0.5) is 0 Å². The topological polar surface area (TPSA) is 79.9 Å². The summed E-state index contributed by atoms with van der Waals surface area (Å²) in [7, 11) is 4.93. The number of halogens is 1. The number of hydrogen-bond acceptors (Lipinski definition) is 4. The van der Waals surface area contributed by atoms with Gasteiger partial charge in [-0.2, -0.15) is 0 Å². The lowest BCUT2D eigenvalue weighted by molar-refractivity contribution is 0.369. The van der Waals surface area contributed by atoms with E-state index < -0.39 is 0 Å². The van der Waals surface area contributed by atoms with Crippen LogP contribution in [0.1, 0.15) is 18.1 Å². The van der Waals surface area contributed by atoms with Gasteiger partial charge in [-0.15, -0.1) is 24.0 Å². The summed E-state index contributed by atoms with van der Waals surface area (Å²) in [6.45, 7) is 4.25. The molecule has 0 atom stereocenters. The molecule has 0 bridgehead atoms. The Bertz CT molecular complexity index is 994. The monoisotopic (exact) mass is 552 g/mol. The molecule has 0 spiro atoms. The van der Waals surface area contributed by atoms with Gasteiger partial charge in [0.2, 0.25) is 0 Å². The number of nitrogens with zero attached hydrogens (tertiary/aromatic N) is 1. The number of ether oxygens (including phenoxy) is 3. The second-order valence-electron chi connectivity index (χ2n) is 7.06. The van der Waals surface area contributed by atoms with Crippen molar-refractivity contribution in [3.8, 4) is 17.2 Å². The van der Waals surface area contributed by atoms with E-state index in [1.807, 2.05) is 18.2 Å². The number of H-pyrrole nitrogens is 1. The summed E-state index contributed by atoms with van der Waals surface area (Å²) in [6, 6.07) is 12.1. The van der Waals surface area contributed by atoms with Gasteiger partial charge in [-0.05, 0) is 31.4 Å². The highest BCUT2D eigenvalue weighted by molar-refractivity contribution is 14.0. The van der Waals surface area contributed by atoms with Crippen molar-refractivity contribution in [3.05, 3.63) is 53.7 Å². The third-order valence-corrected chi connectivity index (χ3v) is 5.15. The number of fused-ring (bicyclic) bond motifs is 1. The number of aromatic amines is 1. The fourth-order valence-electron chi connectivity index (χ4n) is 3.60. The quantitative estimate of drug-likeness (QED) is 0.200. The normalized spacial score (nSPS) is 11.1. The number of aliphatic imine (C=N–C) groups is 1. The zero-order valence-corrected chi connectivity index (χ0v) is 21.5. The van der Waals surface area contributed by atoms with Crippen LogP contribution in [0.25, 0.3) is 10.9 Å². The Balaban J connectivity index is 0.00000363. The zero-order valence-electron chi connectivity index (χ0n) is 19.2. The van der Waals surface area contributed by atoms with Crippen LogP contribution in [-0.4, -0.2) is 51.9 Å². The van der Waals surface area contributed by atoms with E-state index in [2.05, 4.69) is 46.9 Å². The first kappa shape index (κ1) is 25.6. The highest BCUT2D eigenvalue weighted by Gasteiger charge is 2.13. The summed E-state index contributed by atoms with van der Waals surface area (Å²) < 4.78 is 16.4. The SMILES string of the molecule is CCNC(=NCCc1c(OC)cc(OC)cc1OC)NCCc1c[nH]c2ccccc12.I. The van der Waals surface area contributed by atoms with E-state index >= 15 is 0 Å². The van der Waals surface area contributed by atoms with E-state index in [-0.39, 0.29) is 24.0 Å². The molecule has 0 aliphatic heterocycles. The predicted molar refractivity (Wildman–Crippen MR) is 141 cm³/mol. The summed E-state index contributed by atoms with van der Waals surface area (Å²) in [5.74, 6) is 2.98. The Morgan fingerprint density at radius 3 is 2.34 bits per heavy atom. The van der Waals surface area contributed by atoms with Gasteiger partial charge in [0.05, 0.1) is 21.3 Å². The van der Waals surface area contributed by atoms with Gasteiger partial charge in [0, 0.05) is 54.4 Å². The number of hydrogen-bond donors (Lipinski definition) is 3. The zero-order chi connectivity index (χ0) is 22.1. The van der Waals surface area contributed by atoms with Crippen molar-refractivity contribution < 1.29 is 14.2 Å². The van der Waals surface area contributed by atoms with Crippen molar-refractivity contribution in [3.63, 3.8) is 0 Å². The third kappa shape index (κ3) is 6.44. The average molecular weight is 552 g/mol. The molecule has 0 unspecified atom stereocenters. The smallest absolute Gasteiger partial charge is 0.191 e. The lowest BCUT2D eigenvalue weighted by Gasteiger charge is -2.15. The first-order valence-electron chi connectivity index (χ1n) is 10.6. The molecule has 7 nitrogen and oxygen atoms in total. The molecule has 0 radical (unpaired) electrons. The molecular weight excluding hydrogens is 519 g/mol. The molecule has 3 N–H and O–H groups in total. The van der Waals surface area contributed by atoms with Crippen LogP contribution in [0, 0.1) is 0 Å². The van der Waals surface area contributed by atoms with E-state index in [4.69, 9.17) is 19.2 Å². The van der Waals surface area contributed by atoms with E-state index in [0.717, 1.165) is 42.5 Å². The number of nitrogens with one attached hydrogen (secondary N) is 3. The summed E-state index contributed by atoms with van der Waals surface area (Å²) in [6.07, 6.45) is 3.68. The minimum absolute atomic E-state index is 0. The molecule has 0 amide bonds. The van der Waals surface area contributed by atoms with Crippen molar-refractivity contribution >= 4 is 40.8 Å². The van der Waals surface area contributed by atoms with Crippen molar-refractivity contribution in [1.29, 1.82) is 0 Å². The largest absolute Gasteiger partial charge is 0.496 e. The average Bonchev–Trinajstić information content (AvgIpc) is 3.22. The number of guanidine groups is 1. The molecule has 174 valence electrons. The molecule has 0 saturated carbocycles. The molecule has 2 aromatic carbocycles.